The van der Waals surface area contributed by atoms with Crippen molar-refractivity contribution in [3.8, 4) is 0 Å². The van der Waals surface area contributed by atoms with Crippen LogP contribution in [0, 0.1) is 11.6 Å². The van der Waals surface area contributed by atoms with Crippen LogP contribution in [0.15, 0.2) is 24.3 Å². The largest absolute Gasteiger partial charge is 0.377 e. The lowest BCUT2D eigenvalue weighted by Gasteiger charge is -2.08. The third-order valence-electron chi connectivity index (χ3n) is 2.21. The Morgan fingerprint density at radius 1 is 1.26 bits per heavy atom. The van der Waals surface area contributed by atoms with Crippen molar-refractivity contribution in [1.29, 1.82) is 0 Å². The minimum absolute atomic E-state index is 0.0295. The lowest BCUT2D eigenvalue weighted by atomic mass is 10.3. The molecule has 19 heavy (non-hydrogen) atoms. The van der Waals surface area contributed by atoms with E-state index in [-0.39, 0.29) is 23.3 Å². The molecule has 4 nitrogen and oxygen atoms in total. The molecule has 1 N–H and O–H groups in total. The maximum Gasteiger partial charge on any atom is 0.158 e. The summed E-state index contributed by atoms with van der Waals surface area (Å²) in [5.41, 5.74) is -0.0295. The van der Waals surface area contributed by atoms with E-state index < -0.39 is 11.6 Å². The quantitative estimate of drug-likeness (QED) is 0.876. The second-order valence-corrected chi connectivity index (χ2v) is 4.06. The van der Waals surface area contributed by atoms with Gasteiger partial charge in [-0.25, -0.2) is 18.7 Å². The van der Waals surface area contributed by atoms with Gasteiger partial charge in [-0.2, -0.15) is 0 Å². The standard InChI is InChI=1S/C12H10ClF2N3O/c1-19-6-12-17-10(13)5-11(18-12)16-9-4-7(14)2-3-8(9)15/h2-5H,6H2,1H3,(H,16,17,18). The van der Waals surface area contributed by atoms with Gasteiger partial charge in [-0.05, 0) is 12.1 Å². The van der Waals surface area contributed by atoms with Crippen LogP contribution >= 0.6 is 11.6 Å². The monoisotopic (exact) mass is 285 g/mol. The van der Waals surface area contributed by atoms with E-state index >= 15 is 0 Å². The molecule has 0 aliphatic carbocycles. The molecule has 0 unspecified atom stereocenters. The summed E-state index contributed by atoms with van der Waals surface area (Å²) in [5, 5.41) is 2.83. The van der Waals surface area contributed by atoms with E-state index in [0.717, 1.165) is 18.2 Å². The number of benzene rings is 1. The Hall–Kier alpha value is -1.79. The lowest BCUT2D eigenvalue weighted by Crippen LogP contribution is -2.02. The molecule has 0 amide bonds. The number of ether oxygens (including phenoxy) is 1. The number of nitrogens with one attached hydrogen (secondary N) is 1. The zero-order valence-corrected chi connectivity index (χ0v) is 10.7. The van der Waals surface area contributed by atoms with Crippen molar-refractivity contribution in [1.82, 2.24) is 9.97 Å². The predicted octanol–water partition coefficient (Wildman–Crippen LogP) is 3.30. The minimum atomic E-state index is -0.593. The summed E-state index contributed by atoms with van der Waals surface area (Å²) in [6.07, 6.45) is 0. The Balaban J connectivity index is 2.29. The molecule has 0 saturated carbocycles. The molecule has 0 fully saturated rings. The predicted molar refractivity (Wildman–Crippen MR) is 67.4 cm³/mol. The highest BCUT2D eigenvalue weighted by atomic mass is 35.5. The average Bonchev–Trinajstić information content (AvgIpc) is 2.33. The van der Waals surface area contributed by atoms with Gasteiger partial charge in [0.2, 0.25) is 0 Å². The number of rotatable bonds is 4. The molecule has 0 aliphatic heterocycles. The van der Waals surface area contributed by atoms with Crippen LogP contribution in [0.5, 0.6) is 0 Å². The van der Waals surface area contributed by atoms with Crippen molar-refractivity contribution in [2.75, 3.05) is 12.4 Å². The molecule has 0 aliphatic rings. The van der Waals surface area contributed by atoms with Gasteiger partial charge >= 0.3 is 0 Å². The summed E-state index contributed by atoms with van der Waals surface area (Å²) in [6, 6.07) is 4.49. The van der Waals surface area contributed by atoms with Crippen LogP contribution < -0.4 is 5.32 Å². The summed E-state index contributed by atoms with van der Waals surface area (Å²) in [7, 11) is 1.49. The highest BCUT2D eigenvalue weighted by Gasteiger charge is 2.07. The van der Waals surface area contributed by atoms with Gasteiger partial charge in [0.05, 0.1) is 5.69 Å². The normalized spacial score (nSPS) is 10.5. The molecule has 1 aromatic heterocycles. The van der Waals surface area contributed by atoms with Gasteiger partial charge in [-0.15, -0.1) is 0 Å². The van der Waals surface area contributed by atoms with Crippen molar-refractivity contribution in [3.63, 3.8) is 0 Å². The molecule has 2 rings (SSSR count). The number of halogens is 3. The molecule has 0 radical (unpaired) electrons. The van der Waals surface area contributed by atoms with Crippen LogP contribution in [-0.2, 0) is 11.3 Å². The fourth-order valence-electron chi connectivity index (χ4n) is 1.45. The SMILES string of the molecule is COCc1nc(Cl)cc(Nc2cc(F)ccc2F)n1. The topological polar surface area (TPSA) is 47.0 Å². The van der Waals surface area contributed by atoms with Gasteiger partial charge in [0.15, 0.2) is 5.82 Å². The van der Waals surface area contributed by atoms with Crippen LogP contribution in [0.1, 0.15) is 5.82 Å². The van der Waals surface area contributed by atoms with Gasteiger partial charge in [-0.3, -0.25) is 0 Å². The van der Waals surface area contributed by atoms with Gasteiger partial charge in [-0.1, -0.05) is 11.6 Å². The second kappa shape index (κ2) is 5.90. The fraction of sp³-hybridized carbons (Fsp3) is 0.167. The van der Waals surface area contributed by atoms with E-state index in [1.165, 1.54) is 13.2 Å². The zero-order valence-electron chi connectivity index (χ0n) is 9.95. The molecule has 0 saturated heterocycles. The van der Waals surface area contributed by atoms with Crippen molar-refractivity contribution in [2.45, 2.75) is 6.61 Å². The van der Waals surface area contributed by atoms with Crippen molar-refractivity contribution >= 4 is 23.1 Å². The number of hydrogen-bond donors (Lipinski definition) is 1. The molecule has 7 heteroatoms. The van der Waals surface area contributed by atoms with Crippen molar-refractivity contribution in [2.24, 2.45) is 0 Å². The molecule has 1 heterocycles. The van der Waals surface area contributed by atoms with Crippen molar-refractivity contribution < 1.29 is 13.5 Å². The first-order valence-electron chi connectivity index (χ1n) is 5.33. The summed E-state index contributed by atoms with van der Waals surface area (Å²) in [6.45, 7) is 0.168. The smallest absolute Gasteiger partial charge is 0.158 e. The minimum Gasteiger partial charge on any atom is -0.377 e. The third-order valence-corrected chi connectivity index (χ3v) is 2.40. The van der Waals surface area contributed by atoms with Gasteiger partial charge < -0.3 is 10.1 Å². The fourth-order valence-corrected chi connectivity index (χ4v) is 1.65. The number of aromatic nitrogens is 2. The van der Waals surface area contributed by atoms with E-state index in [9.17, 15) is 8.78 Å². The molecule has 0 bridgehead atoms. The van der Waals surface area contributed by atoms with E-state index in [0.29, 0.717) is 5.82 Å². The van der Waals surface area contributed by atoms with E-state index in [1.54, 1.807) is 0 Å². The first-order valence-corrected chi connectivity index (χ1v) is 5.71. The van der Waals surface area contributed by atoms with Gasteiger partial charge in [0.1, 0.15) is 29.2 Å². The molecule has 2 aromatic rings. The van der Waals surface area contributed by atoms with E-state index in [2.05, 4.69) is 15.3 Å². The number of methoxy groups -OCH3 is 1. The van der Waals surface area contributed by atoms with Crippen LogP contribution in [0.4, 0.5) is 20.3 Å². The molecule has 0 atom stereocenters. The maximum atomic E-state index is 13.5. The first kappa shape index (κ1) is 13.6. The number of hydrogen-bond acceptors (Lipinski definition) is 4. The average molecular weight is 286 g/mol. The molecular formula is C12H10ClF2N3O. The molecule has 100 valence electrons. The van der Waals surface area contributed by atoms with Crippen LogP contribution in [0.2, 0.25) is 5.15 Å². The van der Waals surface area contributed by atoms with Gasteiger partial charge in [0.25, 0.3) is 0 Å². The van der Waals surface area contributed by atoms with Crippen molar-refractivity contribution in [3.05, 3.63) is 46.9 Å². The Labute approximate surface area is 113 Å². The first-order chi connectivity index (χ1) is 9.08. The summed E-state index contributed by atoms with van der Waals surface area (Å²) < 4.78 is 31.4. The zero-order chi connectivity index (χ0) is 13.8. The Kier molecular flexibility index (Phi) is 4.24. The van der Waals surface area contributed by atoms with Crippen LogP contribution in [-0.4, -0.2) is 17.1 Å². The highest BCUT2D eigenvalue weighted by Crippen LogP contribution is 2.21. The summed E-state index contributed by atoms with van der Waals surface area (Å²) >= 11 is 5.81. The highest BCUT2D eigenvalue weighted by molar-refractivity contribution is 6.29. The molecular weight excluding hydrogens is 276 g/mol. The molecule has 0 spiro atoms. The maximum absolute atomic E-state index is 13.5. The van der Waals surface area contributed by atoms with Gasteiger partial charge in [0, 0.05) is 19.2 Å². The Bertz CT molecular complexity index is 595. The number of anilines is 2. The second-order valence-electron chi connectivity index (χ2n) is 3.67. The summed E-state index contributed by atoms with van der Waals surface area (Å²) in [5.74, 6) is -0.545. The third kappa shape index (κ3) is 3.59. The Morgan fingerprint density at radius 2 is 2.05 bits per heavy atom. The number of nitrogens with zero attached hydrogens (tertiary/aromatic N) is 2. The van der Waals surface area contributed by atoms with Crippen LogP contribution in [0.3, 0.4) is 0 Å². The van der Waals surface area contributed by atoms with E-state index in [4.69, 9.17) is 16.3 Å². The summed E-state index contributed by atoms with van der Waals surface area (Å²) in [4.78, 5) is 8.00. The molecule has 1 aromatic carbocycles. The van der Waals surface area contributed by atoms with E-state index in [1.807, 2.05) is 0 Å². The Morgan fingerprint density at radius 3 is 2.79 bits per heavy atom. The lowest BCUT2D eigenvalue weighted by molar-refractivity contribution is 0.178. The van der Waals surface area contributed by atoms with Crippen LogP contribution in [0.25, 0.3) is 0 Å².